The molecule has 0 saturated heterocycles. The maximum Gasteiger partial charge on any atom is 0.261 e. The lowest BCUT2D eigenvalue weighted by molar-refractivity contribution is -0.118. The highest BCUT2D eigenvalue weighted by Crippen LogP contribution is 2.40. The third-order valence-electron chi connectivity index (χ3n) is 4.96. The van der Waals surface area contributed by atoms with Gasteiger partial charge in [0, 0.05) is 0 Å². The number of fused-ring (bicyclic) bond motifs is 1. The highest BCUT2D eigenvalue weighted by molar-refractivity contribution is 6.33. The molecule has 0 fully saturated rings. The summed E-state index contributed by atoms with van der Waals surface area (Å²) in [5.41, 5.74) is 1.13. The van der Waals surface area contributed by atoms with Crippen molar-refractivity contribution in [3.05, 3.63) is 76.8 Å². The number of nitrogens with one attached hydrogen (secondary N) is 2. The van der Waals surface area contributed by atoms with Crippen LogP contribution >= 0.6 is 11.6 Å². The van der Waals surface area contributed by atoms with Gasteiger partial charge < -0.3 is 29.6 Å². The van der Waals surface area contributed by atoms with Crippen molar-refractivity contribution in [2.75, 3.05) is 31.6 Å². The molecule has 9 heteroatoms. The predicted molar refractivity (Wildman–Crippen MR) is 129 cm³/mol. The molecule has 0 radical (unpaired) electrons. The first-order valence-corrected chi connectivity index (χ1v) is 10.6. The van der Waals surface area contributed by atoms with Crippen LogP contribution in [0.1, 0.15) is 5.56 Å². The SMILES string of the molecule is COc1ccccc1NC(=O)C(=Cc1cc(Cl)c2c(c1)OCO2)C(=O)Nc1ccccc1OC. The van der Waals surface area contributed by atoms with Gasteiger partial charge in [0.05, 0.1) is 30.6 Å². The van der Waals surface area contributed by atoms with Crippen molar-refractivity contribution in [2.45, 2.75) is 0 Å². The number of hydrogen-bond donors (Lipinski definition) is 2. The van der Waals surface area contributed by atoms with Gasteiger partial charge in [-0.25, -0.2) is 0 Å². The summed E-state index contributed by atoms with van der Waals surface area (Å²) in [6, 6.07) is 17.0. The van der Waals surface area contributed by atoms with Crippen molar-refractivity contribution >= 4 is 40.9 Å². The predicted octanol–water partition coefficient (Wildman–Crippen LogP) is 4.75. The Bertz CT molecular complexity index is 1210. The van der Waals surface area contributed by atoms with Crippen LogP contribution in [0.3, 0.4) is 0 Å². The molecule has 0 bridgehead atoms. The second-order valence-electron chi connectivity index (χ2n) is 7.10. The molecule has 1 heterocycles. The minimum absolute atomic E-state index is 0.0393. The van der Waals surface area contributed by atoms with Crippen LogP contribution in [-0.2, 0) is 9.59 Å². The maximum atomic E-state index is 13.3. The van der Waals surface area contributed by atoms with E-state index in [1.807, 2.05) is 0 Å². The number of para-hydroxylation sites is 4. The lowest BCUT2D eigenvalue weighted by atomic mass is 10.1. The van der Waals surface area contributed by atoms with Gasteiger partial charge in [-0.3, -0.25) is 9.59 Å². The smallest absolute Gasteiger partial charge is 0.261 e. The number of methoxy groups -OCH3 is 2. The van der Waals surface area contributed by atoms with Crippen LogP contribution in [0.15, 0.2) is 66.2 Å². The van der Waals surface area contributed by atoms with Gasteiger partial charge in [0.2, 0.25) is 6.79 Å². The summed E-state index contributed by atoms with van der Waals surface area (Å²) in [5, 5.41) is 5.76. The quantitative estimate of drug-likeness (QED) is 0.288. The summed E-state index contributed by atoms with van der Waals surface area (Å²) in [5.74, 6) is 0.444. The summed E-state index contributed by atoms with van der Waals surface area (Å²) in [7, 11) is 2.98. The van der Waals surface area contributed by atoms with Crippen LogP contribution in [0.2, 0.25) is 5.02 Å². The van der Waals surface area contributed by atoms with E-state index in [9.17, 15) is 9.59 Å². The van der Waals surface area contributed by atoms with E-state index in [1.54, 1.807) is 60.7 Å². The van der Waals surface area contributed by atoms with E-state index >= 15 is 0 Å². The van der Waals surface area contributed by atoms with E-state index < -0.39 is 11.8 Å². The third-order valence-corrected chi connectivity index (χ3v) is 5.24. The van der Waals surface area contributed by atoms with Gasteiger partial charge in [-0.15, -0.1) is 0 Å². The molecular formula is C25H21ClN2O6. The normalized spacial score (nSPS) is 11.4. The highest BCUT2D eigenvalue weighted by atomic mass is 35.5. The molecule has 0 atom stereocenters. The Morgan fingerprint density at radius 1 is 0.882 bits per heavy atom. The van der Waals surface area contributed by atoms with Crippen LogP contribution in [0, 0.1) is 0 Å². The van der Waals surface area contributed by atoms with Crippen LogP contribution in [0.25, 0.3) is 6.08 Å². The van der Waals surface area contributed by atoms with Crippen molar-refractivity contribution < 1.29 is 28.5 Å². The van der Waals surface area contributed by atoms with Gasteiger partial charge in [0.15, 0.2) is 11.5 Å². The van der Waals surface area contributed by atoms with Gasteiger partial charge in [0.25, 0.3) is 11.8 Å². The number of rotatable bonds is 7. The van der Waals surface area contributed by atoms with Crippen LogP contribution in [0.4, 0.5) is 11.4 Å². The first-order chi connectivity index (χ1) is 16.5. The fourth-order valence-electron chi connectivity index (χ4n) is 3.35. The average molecular weight is 481 g/mol. The number of benzene rings is 3. The molecule has 0 saturated carbocycles. The standard InChI is InChI=1S/C25H21ClN2O6/c1-31-20-9-5-3-7-18(20)27-24(29)16(25(30)28-19-8-4-6-10-21(19)32-2)11-15-12-17(26)23-22(13-15)33-14-34-23/h3-13H,14H2,1-2H3,(H,27,29)(H,28,30). The number of halogens is 1. The van der Waals surface area contributed by atoms with E-state index in [0.29, 0.717) is 45.0 Å². The minimum Gasteiger partial charge on any atom is -0.495 e. The van der Waals surface area contributed by atoms with Crippen molar-refractivity contribution in [1.29, 1.82) is 0 Å². The van der Waals surface area contributed by atoms with Gasteiger partial charge in [-0.1, -0.05) is 35.9 Å². The number of ether oxygens (including phenoxy) is 4. The maximum absolute atomic E-state index is 13.3. The molecule has 1 aliphatic heterocycles. The second-order valence-corrected chi connectivity index (χ2v) is 7.51. The zero-order valence-electron chi connectivity index (χ0n) is 18.4. The molecule has 1 aliphatic rings. The van der Waals surface area contributed by atoms with Crippen molar-refractivity contribution in [3.8, 4) is 23.0 Å². The average Bonchev–Trinajstić information content (AvgIpc) is 3.32. The third kappa shape index (κ3) is 4.92. The molecule has 34 heavy (non-hydrogen) atoms. The molecule has 0 aliphatic carbocycles. The van der Waals surface area contributed by atoms with Crippen LogP contribution < -0.4 is 29.6 Å². The van der Waals surface area contributed by atoms with E-state index in [-0.39, 0.29) is 12.4 Å². The molecule has 2 amide bonds. The number of anilines is 2. The van der Waals surface area contributed by atoms with Gasteiger partial charge in [-0.05, 0) is 48.0 Å². The largest absolute Gasteiger partial charge is 0.495 e. The Kier molecular flexibility index (Phi) is 6.89. The minimum atomic E-state index is -0.648. The van der Waals surface area contributed by atoms with Crippen molar-refractivity contribution in [2.24, 2.45) is 0 Å². The summed E-state index contributed by atoms with van der Waals surface area (Å²) in [6.45, 7) is 0.0393. The summed E-state index contributed by atoms with van der Waals surface area (Å²) in [6.07, 6.45) is 1.42. The zero-order valence-corrected chi connectivity index (χ0v) is 19.1. The Morgan fingerprint density at radius 3 is 2.00 bits per heavy atom. The van der Waals surface area contributed by atoms with Crippen LogP contribution in [-0.4, -0.2) is 32.8 Å². The fraction of sp³-hybridized carbons (Fsp3) is 0.120. The molecule has 3 aromatic rings. The Labute approximate surface area is 201 Å². The number of hydrogen-bond acceptors (Lipinski definition) is 6. The molecule has 2 N–H and O–H groups in total. The van der Waals surface area contributed by atoms with E-state index in [4.69, 9.17) is 30.5 Å². The summed E-state index contributed by atoms with van der Waals surface area (Å²) in [4.78, 5) is 26.5. The Balaban J connectivity index is 1.71. The first-order valence-electron chi connectivity index (χ1n) is 10.2. The number of carbonyl (C=O) groups excluding carboxylic acids is 2. The van der Waals surface area contributed by atoms with Crippen LogP contribution in [0.5, 0.6) is 23.0 Å². The number of carbonyl (C=O) groups is 2. The lowest BCUT2D eigenvalue weighted by Crippen LogP contribution is -2.25. The molecule has 4 rings (SSSR count). The fourth-order valence-corrected chi connectivity index (χ4v) is 3.62. The molecule has 174 valence electrons. The second kappa shape index (κ2) is 10.2. The first kappa shape index (κ1) is 23.0. The highest BCUT2D eigenvalue weighted by Gasteiger charge is 2.23. The molecular weight excluding hydrogens is 460 g/mol. The van der Waals surface area contributed by atoms with Crippen molar-refractivity contribution in [3.63, 3.8) is 0 Å². The van der Waals surface area contributed by atoms with E-state index in [2.05, 4.69) is 10.6 Å². The molecule has 0 unspecified atom stereocenters. The summed E-state index contributed by atoms with van der Waals surface area (Å²) < 4.78 is 21.3. The van der Waals surface area contributed by atoms with E-state index in [1.165, 1.54) is 20.3 Å². The van der Waals surface area contributed by atoms with Gasteiger partial charge in [-0.2, -0.15) is 0 Å². The molecule has 8 nitrogen and oxygen atoms in total. The zero-order chi connectivity index (χ0) is 24.1. The lowest BCUT2D eigenvalue weighted by Gasteiger charge is -2.14. The molecule has 0 aromatic heterocycles. The van der Waals surface area contributed by atoms with Crippen molar-refractivity contribution in [1.82, 2.24) is 0 Å². The molecule has 3 aromatic carbocycles. The molecule has 0 spiro atoms. The van der Waals surface area contributed by atoms with E-state index in [0.717, 1.165) is 0 Å². The Morgan fingerprint density at radius 2 is 1.44 bits per heavy atom. The van der Waals surface area contributed by atoms with Gasteiger partial charge >= 0.3 is 0 Å². The Hall–Kier alpha value is -4.17. The topological polar surface area (TPSA) is 95.1 Å². The number of amides is 2. The summed E-state index contributed by atoms with van der Waals surface area (Å²) >= 11 is 6.29. The monoisotopic (exact) mass is 480 g/mol. The van der Waals surface area contributed by atoms with Gasteiger partial charge in [0.1, 0.15) is 17.1 Å².